The zero-order valence-corrected chi connectivity index (χ0v) is 10.1. The van der Waals surface area contributed by atoms with Crippen LogP contribution in [0.1, 0.15) is 10.4 Å². The van der Waals surface area contributed by atoms with Gasteiger partial charge in [0.05, 0.1) is 0 Å². The van der Waals surface area contributed by atoms with Crippen molar-refractivity contribution in [2.24, 2.45) is 5.92 Å². The van der Waals surface area contributed by atoms with E-state index in [1.54, 1.807) is 18.2 Å². The Morgan fingerprint density at radius 2 is 1.62 bits per heavy atom. The average Bonchev–Trinajstić information content (AvgIpc) is 2.16. The van der Waals surface area contributed by atoms with E-state index in [0.29, 0.717) is 0 Å². The van der Waals surface area contributed by atoms with Crippen LogP contribution in [0.2, 0.25) is 0 Å². The first-order valence-electron chi connectivity index (χ1n) is 4.23. The minimum atomic E-state index is -2.17. The van der Waals surface area contributed by atoms with Crippen LogP contribution in [-0.2, 0) is 4.79 Å². The Morgan fingerprint density at radius 1 is 1.12 bits per heavy atom. The van der Waals surface area contributed by atoms with Gasteiger partial charge in [0.1, 0.15) is 0 Å². The first-order valence-corrected chi connectivity index (χ1v) is 5.36. The van der Waals surface area contributed by atoms with E-state index in [-0.39, 0.29) is 5.56 Å². The number of rotatable bonds is 3. The molecule has 0 aliphatic heterocycles. The Kier molecular flexibility index (Phi) is 4.19. The van der Waals surface area contributed by atoms with Crippen LogP contribution in [0.4, 0.5) is 0 Å². The molecule has 1 N–H and O–H groups in total. The van der Waals surface area contributed by atoms with Gasteiger partial charge in [-0.25, -0.2) is 0 Å². The molecule has 86 valence electrons. The SMILES string of the molecule is O=C(O)C(C(=O)c1ccccc1)C(Cl)(Cl)Cl. The van der Waals surface area contributed by atoms with Crippen molar-refractivity contribution in [3.8, 4) is 0 Å². The molecule has 0 fully saturated rings. The monoisotopic (exact) mass is 280 g/mol. The summed E-state index contributed by atoms with van der Waals surface area (Å²) in [5, 5.41) is 8.87. The number of hydrogen-bond donors (Lipinski definition) is 1. The smallest absolute Gasteiger partial charge is 0.318 e. The van der Waals surface area contributed by atoms with Gasteiger partial charge in [-0.05, 0) is 0 Å². The number of halogens is 3. The number of carboxylic acids is 1. The molecule has 1 atom stereocenters. The van der Waals surface area contributed by atoms with Crippen LogP contribution in [0, 0.1) is 5.92 Å². The van der Waals surface area contributed by atoms with E-state index in [4.69, 9.17) is 39.9 Å². The van der Waals surface area contributed by atoms with Crippen LogP contribution < -0.4 is 0 Å². The van der Waals surface area contributed by atoms with Crippen LogP contribution >= 0.6 is 34.8 Å². The molecule has 0 heterocycles. The van der Waals surface area contributed by atoms with Crippen LogP contribution in [-0.4, -0.2) is 20.7 Å². The average molecular weight is 282 g/mol. The summed E-state index contributed by atoms with van der Waals surface area (Å²) >= 11 is 16.4. The number of carboxylic acid groups (broad SMARTS) is 1. The maximum Gasteiger partial charge on any atom is 0.318 e. The van der Waals surface area contributed by atoms with E-state index in [1.165, 1.54) is 12.1 Å². The lowest BCUT2D eigenvalue weighted by Crippen LogP contribution is -2.35. The number of benzene rings is 1. The standard InChI is InChI=1S/C10H7Cl3O3/c11-10(12,13)7(9(15)16)8(14)6-4-2-1-3-5-6/h1-5,7H,(H,15,16). The summed E-state index contributed by atoms with van der Waals surface area (Å²) in [5.74, 6) is -3.90. The van der Waals surface area contributed by atoms with Crippen molar-refractivity contribution in [3.05, 3.63) is 35.9 Å². The molecule has 0 spiro atoms. The maximum absolute atomic E-state index is 11.8. The highest BCUT2D eigenvalue weighted by atomic mass is 35.6. The van der Waals surface area contributed by atoms with Gasteiger partial charge in [0.2, 0.25) is 3.79 Å². The van der Waals surface area contributed by atoms with Gasteiger partial charge in [-0.1, -0.05) is 65.1 Å². The second-order valence-electron chi connectivity index (χ2n) is 3.04. The van der Waals surface area contributed by atoms with Gasteiger partial charge in [-0.2, -0.15) is 0 Å². The minimum absolute atomic E-state index is 0.196. The molecule has 0 aliphatic rings. The van der Waals surface area contributed by atoms with Crippen molar-refractivity contribution in [3.63, 3.8) is 0 Å². The van der Waals surface area contributed by atoms with Crippen LogP contribution in [0.5, 0.6) is 0 Å². The third-order valence-corrected chi connectivity index (χ3v) is 2.55. The molecule has 1 aromatic carbocycles. The second kappa shape index (κ2) is 5.04. The normalized spacial score (nSPS) is 13.2. The molecule has 0 aromatic heterocycles. The van der Waals surface area contributed by atoms with Gasteiger partial charge in [0.15, 0.2) is 11.7 Å². The van der Waals surface area contributed by atoms with Crippen molar-refractivity contribution >= 4 is 46.6 Å². The first kappa shape index (κ1) is 13.3. The molecule has 0 saturated carbocycles. The predicted octanol–water partition coefficient (Wildman–Crippen LogP) is 2.94. The summed E-state index contributed by atoms with van der Waals surface area (Å²) < 4.78 is -2.17. The highest BCUT2D eigenvalue weighted by Crippen LogP contribution is 2.37. The molecule has 0 radical (unpaired) electrons. The van der Waals surface area contributed by atoms with Gasteiger partial charge in [0, 0.05) is 5.56 Å². The van der Waals surface area contributed by atoms with E-state index in [2.05, 4.69) is 0 Å². The molecular weight excluding hydrogens is 274 g/mol. The fraction of sp³-hybridized carbons (Fsp3) is 0.200. The molecule has 0 aliphatic carbocycles. The van der Waals surface area contributed by atoms with E-state index in [0.717, 1.165) is 0 Å². The van der Waals surface area contributed by atoms with Gasteiger partial charge in [0.25, 0.3) is 0 Å². The number of alkyl halides is 3. The summed E-state index contributed by atoms with van der Waals surface area (Å²) in [6, 6.07) is 7.83. The molecule has 1 aromatic rings. The second-order valence-corrected chi connectivity index (χ2v) is 5.41. The summed E-state index contributed by atoms with van der Waals surface area (Å²) in [4.78, 5) is 22.7. The number of carbonyl (C=O) groups is 2. The van der Waals surface area contributed by atoms with Gasteiger partial charge >= 0.3 is 5.97 Å². The van der Waals surface area contributed by atoms with E-state index >= 15 is 0 Å². The zero-order chi connectivity index (χ0) is 12.3. The molecule has 6 heteroatoms. The van der Waals surface area contributed by atoms with Gasteiger partial charge in [-0.3, -0.25) is 9.59 Å². The topological polar surface area (TPSA) is 54.4 Å². The van der Waals surface area contributed by atoms with Crippen LogP contribution in [0.25, 0.3) is 0 Å². The number of aliphatic carboxylic acids is 1. The van der Waals surface area contributed by atoms with Crippen molar-refractivity contribution in [1.29, 1.82) is 0 Å². The molecule has 3 nitrogen and oxygen atoms in total. The van der Waals surface area contributed by atoms with E-state index in [1.807, 2.05) is 0 Å². The van der Waals surface area contributed by atoms with Crippen molar-refractivity contribution in [2.75, 3.05) is 0 Å². The summed E-state index contributed by atoms with van der Waals surface area (Å²) in [7, 11) is 0. The Bertz CT molecular complexity index is 398. The van der Waals surface area contributed by atoms with Crippen molar-refractivity contribution in [2.45, 2.75) is 3.79 Å². The molecule has 1 rings (SSSR count). The van der Waals surface area contributed by atoms with E-state index < -0.39 is 21.5 Å². The summed E-state index contributed by atoms with van der Waals surface area (Å²) in [5.41, 5.74) is 0.196. The molecule has 16 heavy (non-hydrogen) atoms. The fourth-order valence-corrected chi connectivity index (χ4v) is 1.75. The summed E-state index contributed by atoms with van der Waals surface area (Å²) in [6.07, 6.45) is 0. The minimum Gasteiger partial charge on any atom is -0.481 e. The highest BCUT2D eigenvalue weighted by Gasteiger charge is 2.44. The number of Topliss-reactive ketones (excluding diaryl/α,β-unsaturated/α-hetero) is 1. The Morgan fingerprint density at radius 3 is 2.00 bits per heavy atom. The Hall–Kier alpha value is -0.770. The number of ketones is 1. The molecule has 0 saturated heterocycles. The van der Waals surface area contributed by atoms with Crippen molar-refractivity contribution < 1.29 is 14.7 Å². The summed E-state index contributed by atoms with van der Waals surface area (Å²) in [6.45, 7) is 0. The lowest BCUT2D eigenvalue weighted by Gasteiger charge is -2.18. The quantitative estimate of drug-likeness (QED) is 0.526. The van der Waals surface area contributed by atoms with Crippen LogP contribution in [0.15, 0.2) is 30.3 Å². The molecular formula is C10H7Cl3O3. The lowest BCUT2D eigenvalue weighted by molar-refractivity contribution is -0.139. The third-order valence-electron chi connectivity index (χ3n) is 1.89. The zero-order valence-electron chi connectivity index (χ0n) is 7.86. The van der Waals surface area contributed by atoms with Gasteiger partial charge < -0.3 is 5.11 Å². The molecule has 1 unspecified atom stereocenters. The Balaban J connectivity index is 3.07. The van der Waals surface area contributed by atoms with E-state index in [9.17, 15) is 9.59 Å². The Labute approximate surface area is 107 Å². The largest absolute Gasteiger partial charge is 0.481 e. The first-order chi connectivity index (χ1) is 7.34. The van der Waals surface area contributed by atoms with Gasteiger partial charge in [-0.15, -0.1) is 0 Å². The predicted molar refractivity (Wildman–Crippen MR) is 62.2 cm³/mol. The number of carbonyl (C=O) groups excluding carboxylic acids is 1. The van der Waals surface area contributed by atoms with Crippen LogP contribution in [0.3, 0.4) is 0 Å². The highest BCUT2D eigenvalue weighted by molar-refractivity contribution is 6.69. The molecule has 0 amide bonds. The third kappa shape index (κ3) is 3.11. The molecule has 0 bridgehead atoms. The maximum atomic E-state index is 11.8. The lowest BCUT2D eigenvalue weighted by atomic mass is 9.99. The number of hydrogen-bond acceptors (Lipinski definition) is 2. The van der Waals surface area contributed by atoms with Crippen molar-refractivity contribution in [1.82, 2.24) is 0 Å². The fourth-order valence-electron chi connectivity index (χ4n) is 1.17.